The number of benzene rings is 1. The first-order valence-electron chi connectivity index (χ1n) is 10.8. The summed E-state index contributed by atoms with van der Waals surface area (Å²) in [5.41, 5.74) is 2.54. The molecule has 3 N–H and O–H groups in total. The Morgan fingerprint density at radius 1 is 1.13 bits per heavy atom. The van der Waals surface area contributed by atoms with Gasteiger partial charge in [-0.1, -0.05) is 0 Å². The number of hydrogen-bond donors (Lipinski definition) is 3. The first-order valence-corrected chi connectivity index (χ1v) is 10.8. The number of amides is 3. The first kappa shape index (κ1) is 22.6. The minimum Gasteiger partial charge on any atom is -0.350 e. The number of aromatic nitrogens is 1. The summed E-state index contributed by atoms with van der Waals surface area (Å²) in [6.45, 7) is 5.19. The number of carbonyl (C=O) groups excluding carboxylic acids is 3. The van der Waals surface area contributed by atoms with Crippen LogP contribution in [0.1, 0.15) is 38.4 Å². The maximum atomic E-state index is 12.9. The molecule has 3 amide bonds. The zero-order valence-electron chi connectivity index (χ0n) is 18.5. The minimum atomic E-state index is -0.238. The quantitative estimate of drug-likeness (QED) is 0.593. The van der Waals surface area contributed by atoms with E-state index in [4.69, 9.17) is 0 Å². The van der Waals surface area contributed by atoms with E-state index in [1.807, 2.05) is 26.2 Å². The SMILES string of the molecule is CCN(CC(=O)Nc1ccc(NC(C)=O)cc1)C(=O)C[NH+]1CCC[C@@H]1c1cccn1C. The monoisotopic (exact) mass is 426 g/mol. The molecule has 1 saturated heterocycles. The standard InChI is InChI=1S/C23H31N5O3/c1-4-27(15-22(30)25-19-11-9-18(10-12-19)24-17(2)29)23(31)16-28-14-6-8-21(28)20-7-5-13-26(20)3/h5,7,9-13,21H,4,6,8,14-16H2,1-3H3,(H,24,29)(H,25,30)/p+1/t21-/m1/s1. The number of likely N-dealkylation sites (N-methyl/N-ethyl adjacent to an activating group) is 1. The van der Waals surface area contributed by atoms with Crippen molar-refractivity contribution in [3.8, 4) is 0 Å². The Morgan fingerprint density at radius 2 is 1.81 bits per heavy atom. The van der Waals surface area contributed by atoms with Crippen LogP contribution in [-0.2, 0) is 21.4 Å². The molecule has 1 unspecified atom stereocenters. The molecular formula is C23H32N5O3+. The van der Waals surface area contributed by atoms with Crippen LogP contribution in [0.5, 0.6) is 0 Å². The van der Waals surface area contributed by atoms with Crippen molar-refractivity contribution >= 4 is 29.1 Å². The molecule has 1 aliphatic rings. The number of nitrogens with one attached hydrogen (secondary N) is 3. The van der Waals surface area contributed by atoms with E-state index >= 15 is 0 Å². The fourth-order valence-corrected chi connectivity index (χ4v) is 4.21. The summed E-state index contributed by atoms with van der Waals surface area (Å²) in [7, 11) is 2.04. The normalized spacial score (nSPS) is 17.9. The summed E-state index contributed by atoms with van der Waals surface area (Å²) in [6.07, 6.45) is 4.21. The summed E-state index contributed by atoms with van der Waals surface area (Å²) in [5.74, 6) is -0.393. The fourth-order valence-electron chi connectivity index (χ4n) is 4.21. The highest BCUT2D eigenvalue weighted by atomic mass is 16.2. The molecule has 166 valence electrons. The topological polar surface area (TPSA) is 87.9 Å². The molecule has 1 fully saturated rings. The average Bonchev–Trinajstić information content (AvgIpc) is 3.35. The molecule has 2 aromatic rings. The molecule has 1 aliphatic heterocycles. The first-order chi connectivity index (χ1) is 14.9. The molecule has 3 rings (SSSR count). The lowest BCUT2D eigenvalue weighted by atomic mass is 10.1. The Balaban J connectivity index is 1.55. The predicted octanol–water partition coefficient (Wildman–Crippen LogP) is 1.19. The zero-order chi connectivity index (χ0) is 22.4. The van der Waals surface area contributed by atoms with Crippen molar-refractivity contribution < 1.29 is 19.3 Å². The Bertz CT molecular complexity index is 922. The van der Waals surface area contributed by atoms with Gasteiger partial charge in [0, 0.05) is 50.9 Å². The smallest absolute Gasteiger partial charge is 0.278 e. The van der Waals surface area contributed by atoms with E-state index < -0.39 is 0 Å². The molecule has 0 bridgehead atoms. The van der Waals surface area contributed by atoms with Crippen molar-refractivity contribution in [1.29, 1.82) is 0 Å². The molecular weight excluding hydrogens is 394 g/mol. The van der Waals surface area contributed by atoms with Crippen molar-refractivity contribution in [3.63, 3.8) is 0 Å². The molecule has 0 radical (unpaired) electrons. The van der Waals surface area contributed by atoms with Gasteiger partial charge in [-0.05, 0) is 43.3 Å². The van der Waals surface area contributed by atoms with E-state index in [1.165, 1.54) is 17.5 Å². The minimum absolute atomic E-state index is 0.00485. The second-order valence-electron chi connectivity index (χ2n) is 8.04. The summed E-state index contributed by atoms with van der Waals surface area (Å²) in [6, 6.07) is 11.4. The van der Waals surface area contributed by atoms with Crippen molar-refractivity contribution in [2.75, 3.05) is 36.8 Å². The van der Waals surface area contributed by atoms with E-state index in [0.717, 1.165) is 19.4 Å². The highest BCUT2D eigenvalue weighted by Gasteiger charge is 2.34. The van der Waals surface area contributed by atoms with Gasteiger partial charge in [-0.15, -0.1) is 0 Å². The molecule has 2 heterocycles. The van der Waals surface area contributed by atoms with E-state index in [1.54, 1.807) is 29.2 Å². The molecule has 8 nitrogen and oxygen atoms in total. The van der Waals surface area contributed by atoms with Crippen LogP contribution in [0.3, 0.4) is 0 Å². The van der Waals surface area contributed by atoms with Crippen LogP contribution in [0.25, 0.3) is 0 Å². The number of rotatable bonds is 8. The van der Waals surface area contributed by atoms with Crippen LogP contribution in [-0.4, -0.2) is 53.4 Å². The molecule has 2 atom stereocenters. The van der Waals surface area contributed by atoms with E-state index in [2.05, 4.69) is 21.3 Å². The number of aryl methyl sites for hydroxylation is 1. The van der Waals surface area contributed by atoms with Crippen molar-refractivity contribution in [3.05, 3.63) is 48.3 Å². The lowest BCUT2D eigenvalue weighted by Crippen LogP contribution is -3.11. The maximum Gasteiger partial charge on any atom is 0.278 e. The molecule has 1 aromatic carbocycles. The van der Waals surface area contributed by atoms with Crippen LogP contribution in [0.2, 0.25) is 0 Å². The third-order valence-corrected chi connectivity index (χ3v) is 5.76. The van der Waals surface area contributed by atoms with E-state index in [-0.39, 0.29) is 24.3 Å². The highest BCUT2D eigenvalue weighted by Crippen LogP contribution is 2.19. The number of nitrogens with zero attached hydrogens (tertiary/aromatic N) is 2. The molecule has 0 aliphatic carbocycles. The number of anilines is 2. The second-order valence-corrected chi connectivity index (χ2v) is 8.04. The Hall–Kier alpha value is -3.13. The highest BCUT2D eigenvalue weighted by molar-refractivity contribution is 5.95. The van der Waals surface area contributed by atoms with Gasteiger partial charge in [-0.25, -0.2) is 0 Å². The lowest BCUT2D eigenvalue weighted by Gasteiger charge is -2.25. The van der Waals surface area contributed by atoms with Gasteiger partial charge in [0.05, 0.1) is 12.2 Å². The van der Waals surface area contributed by atoms with Crippen LogP contribution in [0.4, 0.5) is 11.4 Å². The van der Waals surface area contributed by atoms with Crippen LogP contribution < -0.4 is 15.5 Å². The van der Waals surface area contributed by atoms with Gasteiger partial charge < -0.3 is 25.0 Å². The van der Waals surface area contributed by atoms with Gasteiger partial charge in [-0.3, -0.25) is 14.4 Å². The third-order valence-electron chi connectivity index (χ3n) is 5.76. The Kier molecular flexibility index (Phi) is 7.46. The van der Waals surface area contributed by atoms with Gasteiger partial charge in [0.2, 0.25) is 11.8 Å². The van der Waals surface area contributed by atoms with Gasteiger partial charge in [0.1, 0.15) is 12.6 Å². The lowest BCUT2D eigenvalue weighted by molar-refractivity contribution is -0.911. The third kappa shape index (κ3) is 5.95. The summed E-state index contributed by atoms with van der Waals surface area (Å²) < 4.78 is 2.13. The number of likely N-dealkylation sites (tertiary alicyclic amines) is 1. The zero-order valence-corrected chi connectivity index (χ0v) is 18.5. The molecule has 8 heteroatoms. The molecule has 31 heavy (non-hydrogen) atoms. The van der Waals surface area contributed by atoms with E-state index in [0.29, 0.717) is 30.5 Å². The summed E-state index contributed by atoms with van der Waals surface area (Å²) >= 11 is 0. The molecule has 0 saturated carbocycles. The number of carbonyl (C=O) groups is 3. The van der Waals surface area contributed by atoms with Gasteiger partial charge >= 0.3 is 0 Å². The van der Waals surface area contributed by atoms with Crippen molar-refractivity contribution in [2.24, 2.45) is 7.05 Å². The summed E-state index contributed by atoms with van der Waals surface area (Å²) in [4.78, 5) is 39.4. The van der Waals surface area contributed by atoms with Crippen LogP contribution in [0, 0.1) is 0 Å². The van der Waals surface area contributed by atoms with Gasteiger partial charge in [0.25, 0.3) is 5.91 Å². The number of quaternary nitrogens is 1. The Labute approximate surface area is 183 Å². The predicted molar refractivity (Wildman–Crippen MR) is 120 cm³/mol. The Morgan fingerprint density at radius 3 is 2.39 bits per heavy atom. The van der Waals surface area contributed by atoms with Crippen molar-refractivity contribution in [1.82, 2.24) is 9.47 Å². The summed E-state index contributed by atoms with van der Waals surface area (Å²) in [5, 5.41) is 5.50. The van der Waals surface area contributed by atoms with Crippen LogP contribution in [0.15, 0.2) is 42.6 Å². The van der Waals surface area contributed by atoms with Gasteiger partial charge in [0.15, 0.2) is 6.54 Å². The van der Waals surface area contributed by atoms with E-state index in [9.17, 15) is 14.4 Å². The largest absolute Gasteiger partial charge is 0.350 e. The molecule has 1 aromatic heterocycles. The van der Waals surface area contributed by atoms with Gasteiger partial charge in [-0.2, -0.15) is 0 Å². The maximum absolute atomic E-state index is 12.9. The van der Waals surface area contributed by atoms with Crippen molar-refractivity contribution in [2.45, 2.75) is 32.7 Å². The molecule has 0 spiro atoms. The fraction of sp³-hybridized carbons (Fsp3) is 0.435. The van der Waals surface area contributed by atoms with Crippen LogP contribution >= 0.6 is 0 Å². The number of hydrogen-bond acceptors (Lipinski definition) is 3. The average molecular weight is 427 g/mol. The second kappa shape index (κ2) is 10.3.